The monoisotopic (exact) mass is 318 g/mol. The zero-order valence-electron chi connectivity index (χ0n) is 13.4. The van der Waals surface area contributed by atoms with Crippen molar-refractivity contribution in [2.45, 2.75) is 45.6 Å². The Morgan fingerprint density at radius 1 is 1.45 bits per heavy atom. The van der Waals surface area contributed by atoms with Crippen LogP contribution in [0, 0.1) is 13.8 Å². The molecule has 3 heterocycles. The molecular formula is C16H22N4OS. The van der Waals surface area contributed by atoms with E-state index in [2.05, 4.69) is 17.0 Å². The molecule has 1 aliphatic heterocycles. The van der Waals surface area contributed by atoms with Crippen LogP contribution in [-0.4, -0.2) is 32.1 Å². The van der Waals surface area contributed by atoms with Gasteiger partial charge in [-0.05, 0) is 26.7 Å². The van der Waals surface area contributed by atoms with Crippen molar-refractivity contribution in [1.29, 1.82) is 0 Å². The van der Waals surface area contributed by atoms with Gasteiger partial charge in [0.2, 0.25) is 5.91 Å². The molecule has 118 valence electrons. The quantitative estimate of drug-likeness (QED) is 0.871. The lowest BCUT2D eigenvalue weighted by Gasteiger charge is -2.25. The normalized spacial score (nSPS) is 18.1. The molecular weight excluding hydrogens is 296 g/mol. The molecule has 0 saturated carbocycles. The summed E-state index contributed by atoms with van der Waals surface area (Å²) >= 11 is 1.62. The third-order valence-corrected chi connectivity index (χ3v) is 5.35. The van der Waals surface area contributed by atoms with E-state index in [9.17, 15) is 4.79 Å². The largest absolute Gasteiger partial charge is 0.336 e. The average Bonchev–Trinajstić information content (AvgIpc) is 3.19. The van der Waals surface area contributed by atoms with Gasteiger partial charge >= 0.3 is 0 Å². The van der Waals surface area contributed by atoms with Crippen molar-refractivity contribution < 1.29 is 4.79 Å². The number of carbonyl (C=O) groups is 1. The number of aromatic nitrogens is 3. The average molecular weight is 318 g/mol. The molecule has 6 heteroatoms. The maximum absolute atomic E-state index is 12.6. The first-order chi connectivity index (χ1) is 10.6. The molecule has 1 fully saturated rings. The maximum Gasteiger partial charge on any atom is 0.223 e. The highest BCUT2D eigenvalue weighted by atomic mass is 32.1. The van der Waals surface area contributed by atoms with Crippen LogP contribution in [0.3, 0.4) is 0 Å². The minimum atomic E-state index is 0.192. The highest BCUT2D eigenvalue weighted by molar-refractivity contribution is 7.09. The molecule has 5 nitrogen and oxygen atoms in total. The lowest BCUT2D eigenvalue weighted by Crippen LogP contribution is -2.31. The number of likely N-dealkylation sites (tertiary alicyclic amines) is 1. The van der Waals surface area contributed by atoms with Gasteiger partial charge in [0.1, 0.15) is 0 Å². The van der Waals surface area contributed by atoms with E-state index < -0.39 is 0 Å². The van der Waals surface area contributed by atoms with E-state index in [4.69, 9.17) is 0 Å². The third kappa shape index (κ3) is 2.79. The number of amides is 1. The van der Waals surface area contributed by atoms with Gasteiger partial charge in [-0.25, -0.2) is 4.98 Å². The zero-order chi connectivity index (χ0) is 15.7. The van der Waals surface area contributed by atoms with Gasteiger partial charge < -0.3 is 4.90 Å². The van der Waals surface area contributed by atoms with Crippen molar-refractivity contribution in [3.8, 4) is 0 Å². The number of carbonyl (C=O) groups excluding carboxylic acids is 1. The van der Waals surface area contributed by atoms with Gasteiger partial charge in [0.15, 0.2) is 0 Å². The molecule has 22 heavy (non-hydrogen) atoms. The predicted molar refractivity (Wildman–Crippen MR) is 86.8 cm³/mol. The summed E-state index contributed by atoms with van der Waals surface area (Å²) in [5, 5.41) is 7.50. The van der Waals surface area contributed by atoms with Gasteiger partial charge in [-0.15, -0.1) is 11.3 Å². The van der Waals surface area contributed by atoms with Gasteiger partial charge in [-0.1, -0.05) is 0 Å². The summed E-state index contributed by atoms with van der Waals surface area (Å²) in [6.45, 7) is 4.99. The van der Waals surface area contributed by atoms with E-state index in [1.165, 1.54) is 11.3 Å². The summed E-state index contributed by atoms with van der Waals surface area (Å²) in [6, 6.07) is 0.192. The standard InChI is InChI=1S/C16H22N4OS/c1-11-16(12(2)19(3)18-11)13-5-4-9-20(13)15(21)7-6-14-17-8-10-22-14/h8,10,13H,4-7,9H2,1-3H3/t13-/m1/s1. The Morgan fingerprint density at radius 2 is 2.27 bits per heavy atom. The third-order valence-electron chi connectivity index (χ3n) is 4.51. The van der Waals surface area contributed by atoms with E-state index in [0.29, 0.717) is 6.42 Å². The molecule has 2 aromatic heterocycles. The van der Waals surface area contributed by atoms with Crippen LogP contribution in [-0.2, 0) is 18.3 Å². The fourth-order valence-electron chi connectivity index (χ4n) is 3.37. The van der Waals surface area contributed by atoms with Crippen LogP contribution in [0.5, 0.6) is 0 Å². The van der Waals surface area contributed by atoms with Gasteiger partial charge in [-0.3, -0.25) is 9.48 Å². The Labute approximate surface area is 135 Å². The number of thiazole rings is 1. The minimum absolute atomic E-state index is 0.192. The Balaban J connectivity index is 1.73. The van der Waals surface area contributed by atoms with Crippen molar-refractivity contribution in [2.75, 3.05) is 6.54 Å². The fourth-order valence-corrected chi connectivity index (χ4v) is 3.99. The fraction of sp³-hybridized carbons (Fsp3) is 0.562. The predicted octanol–water partition coefficient (Wildman–Crippen LogP) is 2.79. The molecule has 2 aromatic rings. The van der Waals surface area contributed by atoms with E-state index in [1.54, 1.807) is 17.5 Å². The van der Waals surface area contributed by atoms with Crippen LogP contribution in [0.2, 0.25) is 0 Å². The maximum atomic E-state index is 12.6. The zero-order valence-corrected chi connectivity index (χ0v) is 14.2. The number of rotatable bonds is 4. The SMILES string of the molecule is Cc1nn(C)c(C)c1[C@H]1CCCN1C(=O)CCc1nccs1. The molecule has 0 radical (unpaired) electrons. The van der Waals surface area contributed by atoms with Crippen LogP contribution in [0.15, 0.2) is 11.6 Å². The van der Waals surface area contributed by atoms with Crippen molar-refractivity contribution in [2.24, 2.45) is 7.05 Å². The van der Waals surface area contributed by atoms with Crippen LogP contribution in [0.4, 0.5) is 0 Å². The second-order valence-corrected chi connectivity index (χ2v) is 6.86. The summed E-state index contributed by atoms with van der Waals surface area (Å²) < 4.78 is 1.92. The molecule has 0 aliphatic carbocycles. The van der Waals surface area contributed by atoms with E-state index in [1.807, 2.05) is 28.9 Å². The molecule has 0 spiro atoms. The minimum Gasteiger partial charge on any atom is -0.336 e. The number of hydrogen-bond donors (Lipinski definition) is 0. The second-order valence-electron chi connectivity index (χ2n) is 5.88. The molecule has 1 atom stereocenters. The smallest absolute Gasteiger partial charge is 0.223 e. The van der Waals surface area contributed by atoms with Crippen molar-refractivity contribution in [1.82, 2.24) is 19.7 Å². The summed E-state index contributed by atoms with van der Waals surface area (Å²) in [7, 11) is 1.97. The molecule has 3 rings (SSSR count). The lowest BCUT2D eigenvalue weighted by molar-refractivity contribution is -0.132. The van der Waals surface area contributed by atoms with Crippen LogP contribution in [0.25, 0.3) is 0 Å². The van der Waals surface area contributed by atoms with Crippen LogP contribution in [0.1, 0.15) is 47.3 Å². The van der Waals surface area contributed by atoms with Crippen LogP contribution < -0.4 is 0 Å². The number of hydrogen-bond acceptors (Lipinski definition) is 4. The summed E-state index contributed by atoms with van der Waals surface area (Å²) in [4.78, 5) is 18.9. The molecule has 0 N–H and O–H groups in total. The molecule has 1 aliphatic rings. The van der Waals surface area contributed by atoms with Gasteiger partial charge in [0, 0.05) is 49.3 Å². The van der Waals surface area contributed by atoms with Crippen molar-refractivity contribution in [3.63, 3.8) is 0 Å². The lowest BCUT2D eigenvalue weighted by atomic mass is 10.0. The first kappa shape index (κ1) is 15.2. The van der Waals surface area contributed by atoms with E-state index >= 15 is 0 Å². The van der Waals surface area contributed by atoms with Gasteiger partial charge in [0.25, 0.3) is 0 Å². The second kappa shape index (κ2) is 6.20. The van der Waals surface area contributed by atoms with Crippen molar-refractivity contribution >= 4 is 17.2 Å². The Kier molecular flexibility index (Phi) is 4.29. The highest BCUT2D eigenvalue weighted by Crippen LogP contribution is 2.35. The van der Waals surface area contributed by atoms with Crippen molar-refractivity contribution in [3.05, 3.63) is 33.5 Å². The highest BCUT2D eigenvalue weighted by Gasteiger charge is 2.33. The topological polar surface area (TPSA) is 51.0 Å². The molecule has 1 amide bonds. The Hall–Kier alpha value is -1.69. The molecule has 0 unspecified atom stereocenters. The number of aryl methyl sites for hydroxylation is 3. The van der Waals surface area contributed by atoms with E-state index in [0.717, 1.165) is 36.5 Å². The summed E-state index contributed by atoms with van der Waals surface area (Å²) in [5.41, 5.74) is 3.45. The van der Waals surface area contributed by atoms with Crippen LogP contribution >= 0.6 is 11.3 Å². The summed E-state index contributed by atoms with van der Waals surface area (Å²) in [6.07, 6.45) is 5.19. The molecule has 0 aromatic carbocycles. The number of nitrogens with zero attached hydrogens (tertiary/aromatic N) is 4. The molecule has 1 saturated heterocycles. The summed E-state index contributed by atoms with van der Waals surface area (Å²) in [5.74, 6) is 0.236. The first-order valence-corrected chi connectivity index (χ1v) is 8.64. The van der Waals surface area contributed by atoms with E-state index in [-0.39, 0.29) is 11.9 Å². The first-order valence-electron chi connectivity index (χ1n) is 7.76. The Morgan fingerprint density at radius 3 is 2.91 bits per heavy atom. The molecule has 0 bridgehead atoms. The Bertz CT molecular complexity index is 662. The van der Waals surface area contributed by atoms with Gasteiger partial charge in [-0.2, -0.15) is 5.10 Å². The van der Waals surface area contributed by atoms with Gasteiger partial charge in [0.05, 0.1) is 16.7 Å².